The lowest BCUT2D eigenvalue weighted by molar-refractivity contribution is -0.160. The number of hydrogen-bond acceptors (Lipinski definition) is 5. The molecule has 1 atom stereocenters. The number of carbonyl (C=O) groups excluding carboxylic acids is 1. The highest BCUT2D eigenvalue weighted by molar-refractivity contribution is 5.77. The molecule has 1 aliphatic heterocycles. The molecule has 5 nitrogen and oxygen atoms in total. The number of esters is 1. The third-order valence-corrected chi connectivity index (χ3v) is 5.07. The van der Waals surface area contributed by atoms with Gasteiger partial charge in [0.05, 0.1) is 24.3 Å². The largest absolute Gasteiger partial charge is 0.494 e. The molecule has 1 fully saturated rings. The number of aromatic nitrogens is 1. The summed E-state index contributed by atoms with van der Waals surface area (Å²) in [5.41, 5.74) is 0.510. The monoisotopic (exact) mass is 368 g/mol. The zero-order chi connectivity index (χ0) is 19.0. The molecule has 5 heteroatoms. The van der Waals surface area contributed by atoms with Crippen molar-refractivity contribution in [2.75, 3.05) is 26.3 Å². The first-order valence-electron chi connectivity index (χ1n) is 9.69. The Bertz CT molecular complexity index is 708. The number of piperidine rings is 1. The van der Waals surface area contributed by atoms with Gasteiger partial charge in [-0.1, -0.05) is 24.3 Å². The maximum Gasteiger partial charge on any atom is 0.313 e. The zero-order valence-corrected chi connectivity index (χ0v) is 16.0. The molecule has 1 saturated heterocycles. The van der Waals surface area contributed by atoms with Gasteiger partial charge < -0.3 is 9.47 Å². The van der Waals surface area contributed by atoms with Gasteiger partial charge in [0.25, 0.3) is 0 Å². The molecule has 0 radical (unpaired) electrons. The number of rotatable bonds is 8. The first-order chi connectivity index (χ1) is 13.2. The summed E-state index contributed by atoms with van der Waals surface area (Å²) in [6.07, 6.45) is 4.27. The molecule has 0 amide bonds. The van der Waals surface area contributed by atoms with Gasteiger partial charge in [-0.2, -0.15) is 0 Å². The van der Waals surface area contributed by atoms with E-state index in [-0.39, 0.29) is 5.97 Å². The van der Waals surface area contributed by atoms with Gasteiger partial charge in [0.15, 0.2) is 0 Å². The van der Waals surface area contributed by atoms with Crippen molar-refractivity contribution in [3.05, 3.63) is 60.4 Å². The molecule has 1 unspecified atom stereocenters. The normalized spacial score (nSPS) is 20.2. The van der Waals surface area contributed by atoms with Crippen molar-refractivity contribution in [1.29, 1.82) is 0 Å². The zero-order valence-electron chi connectivity index (χ0n) is 16.0. The number of likely N-dealkylation sites (tertiary alicyclic amines) is 1. The first kappa shape index (κ1) is 19.4. The van der Waals surface area contributed by atoms with E-state index in [1.165, 1.54) is 0 Å². The Kier molecular flexibility index (Phi) is 6.82. The van der Waals surface area contributed by atoms with Crippen molar-refractivity contribution in [3.63, 3.8) is 0 Å². The van der Waals surface area contributed by atoms with Crippen LogP contribution in [-0.4, -0.2) is 42.2 Å². The SMILES string of the molecule is CCOC(=O)C1(CCOc2ccccc2)CCCN(Cc2ccccn2)C1. The van der Waals surface area contributed by atoms with Gasteiger partial charge in [-0.25, -0.2) is 0 Å². The van der Waals surface area contributed by atoms with Crippen LogP contribution in [0, 0.1) is 5.41 Å². The molecule has 0 saturated carbocycles. The van der Waals surface area contributed by atoms with Gasteiger partial charge in [0, 0.05) is 19.3 Å². The second kappa shape index (κ2) is 9.51. The first-order valence-corrected chi connectivity index (χ1v) is 9.69. The van der Waals surface area contributed by atoms with E-state index in [1.807, 2.05) is 61.7 Å². The van der Waals surface area contributed by atoms with Crippen LogP contribution in [0.3, 0.4) is 0 Å². The summed E-state index contributed by atoms with van der Waals surface area (Å²) in [5.74, 6) is 0.727. The predicted molar refractivity (Wildman–Crippen MR) is 104 cm³/mol. The average molecular weight is 368 g/mol. The van der Waals surface area contributed by atoms with Crippen LogP contribution < -0.4 is 4.74 Å². The van der Waals surface area contributed by atoms with Crippen molar-refractivity contribution >= 4 is 5.97 Å². The molecule has 0 bridgehead atoms. The van der Waals surface area contributed by atoms with Gasteiger partial charge in [-0.15, -0.1) is 0 Å². The average Bonchev–Trinajstić information content (AvgIpc) is 2.70. The highest BCUT2D eigenvalue weighted by atomic mass is 16.5. The van der Waals surface area contributed by atoms with E-state index in [0.29, 0.717) is 26.2 Å². The summed E-state index contributed by atoms with van der Waals surface area (Å²) < 4.78 is 11.3. The van der Waals surface area contributed by atoms with E-state index < -0.39 is 5.41 Å². The number of nitrogens with zero attached hydrogens (tertiary/aromatic N) is 2. The van der Waals surface area contributed by atoms with Crippen LogP contribution in [0.15, 0.2) is 54.7 Å². The standard InChI is InChI=1S/C22H28N2O3/c1-2-26-21(25)22(13-16-27-20-10-4-3-5-11-20)12-8-15-24(18-22)17-19-9-6-7-14-23-19/h3-7,9-11,14H,2,8,12-13,15-18H2,1H3. The second-order valence-corrected chi connectivity index (χ2v) is 7.05. The number of para-hydroxylation sites is 1. The van der Waals surface area contributed by atoms with E-state index in [9.17, 15) is 4.79 Å². The topological polar surface area (TPSA) is 51.7 Å². The Balaban J connectivity index is 1.66. The van der Waals surface area contributed by atoms with Crippen molar-refractivity contribution < 1.29 is 14.3 Å². The van der Waals surface area contributed by atoms with E-state index in [4.69, 9.17) is 9.47 Å². The van der Waals surface area contributed by atoms with Gasteiger partial charge in [-0.3, -0.25) is 14.7 Å². The summed E-state index contributed by atoms with van der Waals surface area (Å²) in [6, 6.07) is 15.7. The van der Waals surface area contributed by atoms with Crippen LogP contribution in [0.4, 0.5) is 0 Å². The molecular weight excluding hydrogens is 340 g/mol. The van der Waals surface area contributed by atoms with Crippen molar-refractivity contribution in [2.24, 2.45) is 5.41 Å². The van der Waals surface area contributed by atoms with Crippen LogP contribution in [0.5, 0.6) is 5.75 Å². The highest BCUT2D eigenvalue weighted by Gasteiger charge is 2.43. The summed E-state index contributed by atoms with van der Waals surface area (Å²) in [5, 5.41) is 0. The van der Waals surface area contributed by atoms with Crippen LogP contribution in [-0.2, 0) is 16.1 Å². The fourth-order valence-corrected chi connectivity index (χ4v) is 3.72. The maximum absolute atomic E-state index is 12.8. The number of pyridine rings is 1. The van der Waals surface area contributed by atoms with E-state index in [1.54, 1.807) is 0 Å². The summed E-state index contributed by atoms with van der Waals surface area (Å²) >= 11 is 0. The molecule has 0 N–H and O–H groups in total. The van der Waals surface area contributed by atoms with Crippen LogP contribution in [0.2, 0.25) is 0 Å². The number of benzene rings is 1. The second-order valence-electron chi connectivity index (χ2n) is 7.05. The molecule has 2 aromatic rings. The molecule has 1 aliphatic rings. The summed E-state index contributed by atoms with van der Waals surface area (Å²) in [4.78, 5) is 19.6. The minimum Gasteiger partial charge on any atom is -0.494 e. The molecule has 3 rings (SSSR count). The van der Waals surface area contributed by atoms with E-state index in [2.05, 4.69) is 9.88 Å². The maximum atomic E-state index is 12.8. The Morgan fingerprint density at radius 1 is 1.19 bits per heavy atom. The lowest BCUT2D eigenvalue weighted by Gasteiger charge is -2.40. The van der Waals surface area contributed by atoms with E-state index in [0.717, 1.165) is 37.4 Å². The molecule has 144 valence electrons. The van der Waals surface area contributed by atoms with Crippen LogP contribution in [0.25, 0.3) is 0 Å². The quantitative estimate of drug-likeness (QED) is 0.665. The molecule has 27 heavy (non-hydrogen) atoms. The van der Waals surface area contributed by atoms with Crippen molar-refractivity contribution in [1.82, 2.24) is 9.88 Å². The third-order valence-electron chi connectivity index (χ3n) is 5.07. The van der Waals surface area contributed by atoms with Gasteiger partial charge in [0.2, 0.25) is 0 Å². The van der Waals surface area contributed by atoms with E-state index >= 15 is 0 Å². The number of hydrogen-bond donors (Lipinski definition) is 0. The predicted octanol–water partition coefficient (Wildman–Crippen LogP) is 3.70. The minimum atomic E-state index is -0.516. The van der Waals surface area contributed by atoms with Crippen LogP contribution in [0.1, 0.15) is 31.9 Å². The molecule has 0 aliphatic carbocycles. The molecule has 1 aromatic heterocycles. The van der Waals surface area contributed by atoms with Crippen molar-refractivity contribution in [2.45, 2.75) is 32.7 Å². The molecule has 2 heterocycles. The summed E-state index contributed by atoms with van der Waals surface area (Å²) in [7, 11) is 0. The van der Waals surface area contributed by atoms with Crippen LogP contribution >= 0.6 is 0 Å². The minimum absolute atomic E-state index is 0.104. The fraction of sp³-hybridized carbons (Fsp3) is 0.455. The fourth-order valence-electron chi connectivity index (χ4n) is 3.72. The van der Waals surface area contributed by atoms with Crippen molar-refractivity contribution in [3.8, 4) is 5.75 Å². The highest BCUT2D eigenvalue weighted by Crippen LogP contribution is 2.35. The molecular formula is C22H28N2O3. The van der Waals surface area contributed by atoms with Gasteiger partial charge >= 0.3 is 5.97 Å². The van der Waals surface area contributed by atoms with Gasteiger partial charge in [0.1, 0.15) is 5.75 Å². The lowest BCUT2D eigenvalue weighted by atomic mass is 9.77. The lowest BCUT2D eigenvalue weighted by Crippen LogP contribution is -2.49. The third kappa shape index (κ3) is 5.30. The Hall–Kier alpha value is -2.40. The van der Waals surface area contributed by atoms with Gasteiger partial charge in [-0.05, 0) is 57.0 Å². The number of carbonyl (C=O) groups is 1. The number of ether oxygens (including phenoxy) is 2. The molecule has 1 aromatic carbocycles. The molecule has 0 spiro atoms. The Morgan fingerprint density at radius 2 is 2.00 bits per heavy atom. The Morgan fingerprint density at radius 3 is 2.74 bits per heavy atom. The smallest absolute Gasteiger partial charge is 0.313 e. The summed E-state index contributed by atoms with van der Waals surface area (Å²) in [6.45, 7) is 5.17. The Labute approximate surface area is 161 Å².